The molecule has 2 aromatic carbocycles. The van der Waals surface area contributed by atoms with E-state index in [1.807, 2.05) is 61.2 Å². The summed E-state index contributed by atoms with van der Waals surface area (Å²) in [5.41, 5.74) is 5.17. The lowest BCUT2D eigenvalue weighted by Crippen LogP contribution is -2.40. The highest BCUT2D eigenvalue weighted by Gasteiger charge is 2.32. The van der Waals surface area contributed by atoms with Crippen LogP contribution in [0.4, 0.5) is 5.69 Å². The zero-order valence-electron chi connectivity index (χ0n) is 17.7. The molecule has 1 atom stereocenters. The summed E-state index contributed by atoms with van der Waals surface area (Å²) in [6.07, 6.45) is 1.18. The summed E-state index contributed by atoms with van der Waals surface area (Å²) in [5.74, 6) is -0.149. The Morgan fingerprint density at radius 2 is 1.87 bits per heavy atom. The minimum Gasteiger partial charge on any atom is -0.331 e. The molecule has 1 unspecified atom stereocenters. The van der Waals surface area contributed by atoms with E-state index in [-0.39, 0.29) is 30.7 Å². The van der Waals surface area contributed by atoms with Crippen LogP contribution in [0.2, 0.25) is 5.02 Å². The number of nitrogens with zero attached hydrogens (tertiary/aromatic N) is 1. The van der Waals surface area contributed by atoms with Crippen molar-refractivity contribution >= 4 is 40.4 Å². The maximum absolute atomic E-state index is 13.2. The van der Waals surface area contributed by atoms with Gasteiger partial charge in [-0.25, -0.2) is 0 Å². The van der Waals surface area contributed by atoms with Crippen LogP contribution in [0.3, 0.4) is 0 Å². The fraction of sp³-hybridized carbons (Fsp3) is 0.280. The molecule has 2 heterocycles. The Morgan fingerprint density at radius 1 is 1.10 bits per heavy atom. The Bertz CT molecular complexity index is 1110. The Balaban J connectivity index is 1.46. The number of anilines is 1. The molecule has 0 aliphatic carbocycles. The monoisotopic (exact) mass is 452 g/mol. The zero-order chi connectivity index (χ0) is 22.0. The van der Waals surface area contributed by atoms with Gasteiger partial charge in [-0.1, -0.05) is 41.4 Å². The SMILES string of the molecule is Cc1ccc(NC(=O)CCC(=O)N2CCc3sccc3C2c2ccc(Cl)cc2)c(C)c1. The summed E-state index contributed by atoms with van der Waals surface area (Å²) in [4.78, 5) is 28.9. The molecule has 0 saturated carbocycles. The van der Waals surface area contributed by atoms with Crippen LogP contribution in [-0.4, -0.2) is 23.3 Å². The molecule has 1 aliphatic heterocycles. The van der Waals surface area contributed by atoms with Crippen molar-refractivity contribution in [3.05, 3.63) is 86.1 Å². The number of hydrogen-bond acceptors (Lipinski definition) is 3. The number of thiophene rings is 1. The number of fused-ring (bicyclic) bond motifs is 1. The first-order valence-electron chi connectivity index (χ1n) is 10.4. The first kappa shape index (κ1) is 21.6. The molecule has 31 heavy (non-hydrogen) atoms. The van der Waals surface area contributed by atoms with E-state index in [0.717, 1.165) is 28.8 Å². The number of aryl methyl sites for hydroxylation is 2. The molecule has 0 saturated heterocycles. The van der Waals surface area contributed by atoms with Crippen molar-refractivity contribution in [1.29, 1.82) is 0 Å². The molecule has 4 rings (SSSR count). The minimum atomic E-state index is -0.142. The number of benzene rings is 2. The van der Waals surface area contributed by atoms with Crippen LogP contribution >= 0.6 is 22.9 Å². The molecule has 0 radical (unpaired) electrons. The average molecular weight is 453 g/mol. The van der Waals surface area contributed by atoms with Gasteiger partial charge in [0.1, 0.15) is 0 Å². The van der Waals surface area contributed by atoms with Crippen LogP contribution in [0.1, 0.15) is 46.0 Å². The third-order valence-corrected chi connectivity index (χ3v) is 6.94. The second-order valence-electron chi connectivity index (χ2n) is 7.96. The lowest BCUT2D eigenvalue weighted by Gasteiger charge is -2.36. The van der Waals surface area contributed by atoms with Gasteiger partial charge >= 0.3 is 0 Å². The number of carbonyl (C=O) groups excluding carboxylic acids is 2. The first-order chi connectivity index (χ1) is 14.9. The predicted molar refractivity (Wildman–Crippen MR) is 127 cm³/mol. The van der Waals surface area contributed by atoms with E-state index in [1.54, 1.807) is 11.3 Å². The van der Waals surface area contributed by atoms with Crippen LogP contribution in [0, 0.1) is 13.8 Å². The van der Waals surface area contributed by atoms with Gasteiger partial charge in [-0.05, 0) is 66.6 Å². The standard InChI is InChI=1S/C25H25ClN2O2S/c1-16-3-8-21(17(2)15-16)27-23(29)9-10-24(30)28-13-11-22-20(12-14-31-22)25(28)18-4-6-19(26)7-5-18/h3-8,12,14-15,25H,9-11,13H2,1-2H3,(H,27,29). The Morgan fingerprint density at radius 3 is 2.61 bits per heavy atom. The number of hydrogen-bond donors (Lipinski definition) is 1. The van der Waals surface area contributed by atoms with Gasteiger partial charge in [0.2, 0.25) is 11.8 Å². The van der Waals surface area contributed by atoms with Crippen LogP contribution < -0.4 is 5.32 Å². The fourth-order valence-electron chi connectivity index (χ4n) is 4.12. The number of nitrogens with one attached hydrogen (secondary N) is 1. The molecule has 2 amide bonds. The molecular formula is C25H25ClN2O2S. The first-order valence-corrected chi connectivity index (χ1v) is 11.7. The highest BCUT2D eigenvalue weighted by Crippen LogP contribution is 2.38. The summed E-state index contributed by atoms with van der Waals surface area (Å²) in [5, 5.41) is 5.69. The van der Waals surface area contributed by atoms with E-state index < -0.39 is 0 Å². The van der Waals surface area contributed by atoms with Crippen molar-refractivity contribution in [3.63, 3.8) is 0 Å². The lowest BCUT2D eigenvalue weighted by atomic mass is 9.93. The maximum atomic E-state index is 13.2. The quantitative estimate of drug-likeness (QED) is 0.523. The molecule has 1 aliphatic rings. The van der Waals surface area contributed by atoms with E-state index in [1.165, 1.54) is 10.4 Å². The summed E-state index contributed by atoms with van der Waals surface area (Å²) in [7, 11) is 0. The van der Waals surface area contributed by atoms with Gasteiger partial charge in [0.05, 0.1) is 6.04 Å². The third kappa shape index (κ3) is 4.83. The molecule has 6 heteroatoms. The highest BCUT2D eigenvalue weighted by atomic mass is 35.5. The fourth-order valence-corrected chi connectivity index (χ4v) is 5.15. The number of rotatable bonds is 5. The van der Waals surface area contributed by atoms with Crippen molar-refractivity contribution < 1.29 is 9.59 Å². The van der Waals surface area contributed by atoms with E-state index in [9.17, 15) is 9.59 Å². The molecule has 160 valence electrons. The Labute approximate surface area is 191 Å². The van der Waals surface area contributed by atoms with Crippen molar-refractivity contribution in [1.82, 2.24) is 4.90 Å². The smallest absolute Gasteiger partial charge is 0.224 e. The summed E-state index contributed by atoms with van der Waals surface area (Å²) < 4.78 is 0. The average Bonchev–Trinajstić information content (AvgIpc) is 3.23. The van der Waals surface area contributed by atoms with Crippen LogP contribution in [0.5, 0.6) is 0 Å². The lowest BCUT2D eigenvalue weighted by molar-refractivity contribution is -0.134. The normalized spacial score (nSPS) is 15.5. The van der Waals surface area contributed by atoms with Crippen molar-refractivity contribution in [3.8, 4) is 0 Å². The van der Waals surface area contributed by atoms with Crippen LogP contribution in [0.15, 0.2) is 53.9 Å². The maximum Gasteiger partial charge on any atom is 0.224 e. The van der Waals surface area contributed by atoms with Gasteiger partial charge in [-0.2, -0.15) is 0 Å². The second kappa shape index (κ2) is 9.25. The molecule has 0 spiro atoms. The number of halogens is 1. The Hall–Kier alpha value is -2.63. The van der Waals surface area contributed by atoms with Crippen LogP contribution in [-0.2, 0) is 16.0 Å². The molecule has 4 nitrogen and oxygen atoms in total. The number of amides is 2. The van der Waals surface area contributed by atoms with Crippen LogP contribution in [0.25, 0.3) is 0 Å². The molecule has 1 aromatic heterocycles. The van der Waals surface area contributed by atoms with Gasteiger partial charge < -0.3 is 10.2 Å². The number of carbonyl (C=O) groups is 2. The molecule has 0 fully saturated rings. The van der Waals surface area contributed by atoms with Crippen molar-refractivity contribution in [2.75, 3.05) is 11.9 Å². The topological polar surface area (TPSA) is 49.4 Å². The predicted octanol–water partition coefficient (Wildman–Crippen LogP) is 5.91. The van der Waals surface area contributed by atoms with Gasteiger partial charge in [0.25, 0.3) is 0 Å². The minimum absolute atomic E-state index is 0.00687. The Kier molecular flexibility index (Phi) is 6.44. The van der Waals surface area contributed by atoms with E-state index >= 15 is 0 Å². The molecule has 1 N–H and O–H groups in total. The van der Waals surface area contributed by atoms with Gasteiger partial charge in [-0.3, -0.25) is 9.59 Å². The van der Waals surface area contributed by atoms with Crippen molar-refractivity contribution in [2.24, 2.45) is 0 Å². The van der Waals surface area contributed by atoms with Gasteiger partial charge in [-0.15, -0.1) is 11.3 Å². The van der Waals surface area contributed by atoms with Gasteiger partial charge in [0.15, 0.2) is 0 Å². The zero-order valence-corrected chi connectivity index (χ0v) is 19.2. The largest absolute Gasteiger partial charge is 0.331 e. The summed E-state index contributed by atoms with van der Waals surface area (Å²) in [6, 6.07) is 15.5. The van der Waals surface area contributed by atoms with E-state index in [2.05, 4.69) is 16.8 Å². The van der Waals surface area contributed by atoms with E-state index in [4.69, 9.17) is 11.6 Å². The van der Waals surface area contributed by atoms with Crippen molar-refractivity contribution in [2.45, 2.75) is 39.2 Å². The second-order valence-corrected chi connectivity index (χ2v) is 9.39. The highest BCUT2D eigenvalue weighted by molar-refractivity contribution is 7.10. The molecular weight excluding hydrogens is 428 g/mol. The van der Waals surface area contributed by atoms with E-state index in [0.29, 0.717) is 11.6 Å². The summed E-state index contributed by atoms with van der Waals surface area (Å²) in [6.45, 7) is 4.64. The molecule has 3 aromatic rings. The third-order valence-electron chi connectivity index (χ3n) is 5.69. The van der Waals surface area contributed by atoms with Gasteiger partial charge in [0, 0.05) is 35.0 Å². The summed E-state index contributed by atoms with van der Waals surface area (Å²) >= 11 is 7.81. The molecule has 0 bridgehead atoms.